The summed E-state index contributed by atoms with van der Waals surface area (Å²) in [5.74, 6) is -1.48. The van der Waals surface area contributed by atoms with Crippen LogP contribution in [0.4, 0.5) is 4.39 Å². The van der Waals surface area contributed by atoms with Crippen molar-refractivity contribution in [3.8, 4) is 11.5 Å². The molecule has 0 saturated carbocycles. The van der Waals surface area contributed by atoms with E-state index in [-0.39, 0.29) is 23.7 Å². The molecule has 0 fully saturated rings. The molecular formula is C32H31ClFNO6. The van der Waals surface area contributed by atoms with Crippen molar-refractivity contribution in [3.05, 3.63) is 94.4 Å². The molecule has 0 bridgehead atoms. The lowest BCUT2D eigenvalue weighted by atomic mass is 10.0. The average molecular weight is 580 g/mol. The largest absolute Gasteiger partial charge is 0.494 e. The molecule has 9 heteroatoms. The number of rotatable bonds is 15. The summed E-state index contributed by atoms with van der Waals surface area (Å²) in [6.07, 6.45) is 8.24. The fraction of sp³-hybridized carbons (Fsp3) is 0.250. The van der Waals surface area contributed by atoms with Crippen LogP contribution in [0, 0.1) is 5.82 Å². The van der Waals surface area contributed by atoms with Gasteiger partial charge in [0.05, 0.1) is 23.8 Å². The normalized spacial score (nSPS) is 11.3. The molecule has 2 N–H and O–H groups in total. The predicted octanol–water partition coefficient (Wildman–Crippen LogP) is 7.33. The van der Waals surface area contributed by atoms with Gasteiger partial charge in [0, 0.05) is 18.0 Å². The summed E-state index contributed by atoms with van der Waals surface area (Å²) >= 11 is 5.76. The molecule has 7 nitrogen and oxygen atoms in total. The number of aromatic nitrogens is 1. The second-order valence-corrected chi connectivity index (χ2v) is 9.93. The highest BCUT2D eigenvalue weighted by Crippen LogP contribution is 2.28. The number of nitrogens with zero attached hydrogens (tertiary/aromatic N) is 1. The van der Waals surface area contributed by atoms with Crippen LogP contribution >= 0.6 is 11.6 Å². The molecule has 0 aliphatic rings. The molecule has 0 radical (unpaired) electrons. The molecule has 1 heterocycles. The van der Waals surface area contributed by atoms with Gasteiger partial charge < -0.3 is 24.3 Å². The van der Waals surface area contributed by atoms with Crippen molar-refractivity contribution in [3.63, 3.8) is 0 Å². The quantitative estimate of drug-likeness (QED) is 0.113. The van der Waals surface area contributed by atoms with Gasteiger partial charge in [-0.2, -0.15) is 0 Å². The first-order chi connectivity index (χ1) is 19.8. The summed E-state index contributed by atoms with van der Waals surface area (Å²) in [6, 6.07) is 18.1. The number of carbonyl (C=O) groups is 2. The smallest absolute Gasteiger partial charge is 0.323 e. The number of hydrogen-bond donors (Lipinski definition) is 2. The number of aryl methyl sites for hydroxylation is 1. The molecule has 0 unspecified atom stereocenters. The van der Waals surface area contributed by atoms with Crippen molar-refractivity contribution < 1.29 is 33.7 Å². The molecule has 0 spiro atoms. The lowest BCUT2D eigenvalue weighted by molar-refractivity contribution is -0.138. The number of fused-ring (bicyclic) bond motifs is 1. The van der Waals surface area contributed by atoms with Gasteiger partial charge in [-0.3, -0.25) is 9.59 Å². The highest BCUT2D eigenvalue weighted by Gasteiger charge is 2.14. The summed E-state index contributed by atoms with van der Waals surface area (Å²) < 4.78 is 26.8. The third-order valence-corrected chi connectivity index (χ3v) is 6.76. The Bertz CT molecular complexity index is 1530. The van der Waals surface area contributed by atoms with E-state index in [4.69, 9.17) is 26.2 Å². The lowest BCUT2D eigenvalue weighted by Crippen LogP contribution is -2.07. The average Bonchev–Trinajstić information content (AvgIpc) is 3.29. The number of carboxylic acid groups (broad SMARTS) is 2. The number of hydrogen-bond acceptors (Lipinski definition) is 4. The van der Waals surface area contributed by atoms with Crippen LogP contribution < -0.4 is 9.47 Å². The fourth-order valence-electron chi connectivity index (χ4n) is 4.53. The zero-order valence-corrected chi connectivity index (χ0v) is 23.1. The molecule has 0 aliphatic heterocycles. The molecule has 0 amide bonds. The van der Waals surface area contributed by atoms with Gasteiger partial charge >= 0.3 is 11.9 Å². The molecule has 41 heavy (non-hydrogen) atoms. The second-order valence-electron chi connectivity index (χ2n) is 9.53. The van der Waals surface area contributed by atoms with Gasteiger partial charge in [0.25, 0.3) is 0 Å². The third kappa shape index (κ3) is 8.35. The predicted molar refractivity (Wildman–Crippen MR) is 157 cm³/mol. The topological polar surface area (TPSA) is 98.0 Å². The van der Waals surface area contributed by atoms with Crippen LogP contribution in [0.3, 0.4) is 0 Å². The van der Waals surface area contributed by atoms with E-state index >= 15 is 0 Å². The summed E-state index contributed by atoms with van der Waals surface area (Å²) in [7, 11) is 0. The number of para-hydroxylation sites is 1. The molecule has 4 rings (SSSR count). The molecular weight excluding hydrogens is 549 g/mol. The Morgan fingerprint density at radius 1 is 0.878 bits per heavy atom. The number of benzene rings is 3. The van der Waals surface area contributed by atoms with E-state index in [1.807, 2.05) is 60.8 Å². The first-order valence-electron chi connectivity index (χ1n) is 13.3. The number of aliphatic carboxylic acids is 2. The van der Waals surface area contributed by atoms with Crippen molar-refractivity contribution >= 4 is 46.6 Å². The summed E-state index contributed by atoms with van der Waals surface area (Å²) in [4.78, 5) is 22.4. The van der Waals surface area contributed by atoms with Crippen molar-refractivity contribution in [2.45, 2.75) is 38.6 Å². The SMILES string of the molecule is O=C(O)CCCc1cn(CC(=O)O)c2c(/C=C/c3ccc(OCCCCOc4cccc(Cl)c4F)cc3)cccc12. The minimum Gasteiger partial charge on any atom is -0.494 e. The maximum atomic E-state index is 13.9. The van der Waals surface area contributed by atoms with Crippen LogP contribution in [0.5, 0.6) is 11.5 Å². The highest BCUT2D eigenvalue weighted by molar-refractivity contribution is 6.30. The minimum absolute atomic E-state index is 0.0353. The molecule has 0 atom stereocenters. The monoisotopic (exact) mass is 579 g/mol. The molecule has 3 aromatic carbocycles. The molecule has 214 valence electrons. The van der Waals surface area contributed by atoms with Gasteiger partial charge in [0.2, 0.25) is 0 Å². The Labute approximate surface area is 242 Å². The number of ether oxygens (including phenoxy) is 2. The van der Waals surface area contributed by atoms with E-state index in [1.54, 1.807) is 16.7 Å². The third-order valence-electron chi connectivity index (χ3n) is 6.47. The van der Waals surface area contributed by atoms with Crippen molar-refractivity contribution in [1.29, 1.82) is 0 Å². The first-order valence-corrected chi connectivity index (χ1v) is 13.7. The van der Waals surface area contributed by atoms with E-state index in [0.717, 1.165) is 39.8 Å². The zero-order valence-electron chi connectivity index (χ0n) is 22.4. The lowest BCUT2D eigenvalue weighted by Gasteiger charge is -2.09. The van der Waals surface area contributed by atoms with Crippen LogP contribution in [0.25, 0.3) is 23.1 Å². The second kappa shape index (κ2) is 14.4. The molecule has 0 saturated heterocycles. The van der Waals surface area contributed by atoms with Crippen molar-refractivity contribution in [1.82, 2.24) is 4.57 Å². The Morgan fingerprint density at radius 3 is 2.34 bits per heavy atom. The van der Waals surface area contributed by atoms with Crippen LogP contribution in [0.15, 0.2) is 66.9 Å². The standard InChI is InChI=1S/C32H31ClFNO6/c33-27-9-5-10-28(31(27)34)41-19-2-1-18-40-25-16-13-22(14-17-25)12-15-23-6-3-8-26-24(7-4-11-29(36)37)20-35(32(23)26)21-30(38)39/h3,5-6,8-10,12-17,20H,1-2,4,7,11,18-19,21H2,(H,36,37)(H,38,39)/b15-12+. The van der Waals surface area contributed by atoms with Gasteiger partial charge in [-0.05, 0) is 66.6 Å². The first kappa shape index (κ1) is 29.7. The number of carboxylic acids is 2. The van der Waals surface area contributed by atoms with Gasteiger partial charge in [-0.1, -0.05) is 60.2 Å². The summed E-state index contributed by atoms with van der Waals surface area (Å²) in [5, 5.41) is 19.4. The van der Waals surface area contributed by atoms with Crippen LogP contribution in [0.2, 0.25) is 5.02 Å². The number of halogens is 2. The molecule has 0 aliphatic carbocycles. The zero-order chi connectivity index (χ0) is 29.2. The van der Waals surface area contributed by atoms with Gasteiger partial charge in [-0.15, -0.1) is 0 Å². The van der Waals surface area contributed by atoms with Gasteiger partial charge in [0.1, 0.15) is 12.3 Å². The summed E-state index contributed by atoms with van der Waals surface area (Å²) in [5.41, 5.74) is 3.55. The van der Waals surface area contributed by atoms with E-state index in [1.165, 1.54) is 6.07 Å². The minimum atomic E-state index is -0.948. The van der Waals surface area contributed by atoms with Crippen molar-refractivity contribution in [2.75, 3.05) is 13.2 Å². The van der Waals surface area contributed by atoms with E-state index in [0.29, 0.717) is 32.5 Å². The fourth-order valence-corrected chi connectivity index (χ4v) is 4.70. The Hall–Kier alpha value is -4.30. The maximum absolute atomic E-state index is 13.9. The Kier molecular flexibility index (Phi) is 10.4. The van der Waals surface area contributed by atoms with Crippen molar-refractivity contribution in [2.24, 2.45) is 0 Å². The Morgan fingerprint density at radius 2 is 1.61 bits per heavy atom. The van der Waals surface area contributed by atoms with Gasteiger partial charge in [0.15, 0.2) is 11.6 Å². The maximum Gasteiger partial charge on any atom is 0.323 e. The molecule has 4 aromatic rings. The Balaban J connectivity index is 1.34. The van der Waals surface area contributed by atoms with E-state index in [9.17, 15) is 19.1 Å². The van der Waals surface area contributed by atoms with Gasteiger partial charge in [-0.25, -0.2) is 4.39 Å². The van der Waals surface area contributed by atoms with E-state index in [2.05, 4.69) is 0 Å². The van der Waals surface area contributed by atoms with Crippen LogP contribution in [-0.4, -0.2) is 39.9 Å². The summed E-state index contributed by atoms with van der Waals surface area (Å²) in [6.45, 7) is 0.667. The number of unbranched alkanes of at least 4 members (excludes halogenated alkanes) is 1. The van der Waals surface area contributed by atoms with Crippen LogP contribution in [-0.2, 0) is 22.6 Å². The highest BCUT2D eigenvalue weighted by atomic mass is 35.5. The van der Waals surface area contributed by atoms with E-state index < -0.39 is 17.8 Å². The molecule has 1 aromatic heterocycles. The van der Waals surface area contributed by atoms with Crippen LogP contribution in [0.1, 0.15) is 42.4 Å².